The van der Waals surface area contributed by atoms with Gasteiger partial charge in [-0.15, -0.1) is 0 Å². The fourth-order valence-electron chi connectivity index (χ4n) is 5.95. The molecule has 2 heteroatoms. The third-order valence-electron chi connectivity index (χ3n) is 8.23. The maximum absolute atomic E-state index is 2.59. The Morgan fingerprint density at radius 1 is 0.742 bits per heavy atom. The Bertz CT molecular complexity index is 1530. The molecule has 2 nitrogen and oxygen atoms in total. The highest BCUT2D eigenvalue weighted by Crippen LogP contribution is 2.53. The molecule has 0 spiro atoms. The molecule has 3 heterocycles. The molecular weight excluding hydrogens is 376 g/mol. The highest BCUT2D eigenvalue weighted by atomic mass is 15.1. The van der Waals surface area contributed by atoms with Crippen LogP contribution in [-0.2, 0) is 17.9 Å². The van der Waals surface area contributed by atoms with E-state index in [-0.39, 0.29) is 10.8 Å². The monoisotopic (exact) mass is 405 g/mol. The molecule has 0 saturated heterocycles. The van der Waals surface area contributed by atoms with E-state index in [2.05, 4.69) is 117 Å². The van der Waals surface area contributed by atoms with E-state index in [0.29, 0.717) is 0 Å². The van der Waals surface area contributed by atoms with Gasteiger partial charge in [0, 0.05) is 32.7 Å². The SMILES string of the molecule is Cc1cccc2c3cccc4c3n3c(c(-c5ccccc5)[n+](C)c3c12)C(C)(C)C4(C)C. The maximum Gasteiger partial charge on any atom is 0.295 e. The molecule has 31 heavy (non-hydrogen) atoms. The number of imidazole rings is 1. The van der Waals surface area contributed by atoms with Crippen LogP contribution in [-0.4, -0.2) is 4.40 Å². The Balaban J connectivity index is 2.03. The largest absolute Gasteiger partial charge is 0.295 e. The summed E-state index contributed by atoms with van der Waals surface area (Å²) in [5.74, 6) is 0. The molecular formula is C29H29N2+. The molecule has 0 saturated carbocycles. The fraction of sp³-hybridized carbons (Fsp3) is 0.276. The van der Waals surface area contributed by atoms with Gasteiger partial charge < -0.3 is 0 Å². The van der Waals surface area contributed by atoms with Gasteiger partial charge in [-0.05, 0) is 12.5 Å². The molecule has 1 aliphatic rings. The van der Waals surface area contributed by atoms with Gasteiger partial charge in [-0.2, -0.15) is 4.40 Å². The Morgan fingerprint density at radius 2 is 1.42 bits per heavy atom. The molecule has 2 aromatic heterocycles. The summed E-state index contributed by atoms with van der Waals surface area (Å²) >= 11 is 0. The van der Waals surface area contributed by atoms with Gasteiger partial charge in [-0.1, -0.05) is 94.4 Å². The van der Waals surface area contributed by atoms with Crippen molar-refractivity contribution in [3.05, 3.63) is 83.6 Å². The van der Waals surface area contributed by atoms with Crippen LogP contribution in [0.5, 0.6) is 0 Å². The lowest BCUT2D eigenvalue weighted by Gasteiger charge is -2.43. The van der Waals surface area contributed by atoms with Gasteiger partial charge in [-0.3, -0.25) is 0 Å². The van der Waals surface area contributed by atoms with E-state index in [4.69, 9.17) is 0 Å². The van der Waals surface area contributed by atoms with Gasteiger partial charge in [-0.25, -0.2) is 4.57 Å². The van der Waals surface area contributed by atoms with Gasteiger partial charge >= 0.3 is 0 Å². The number of aromatic nitrogens is 2. The zero-order valence-electron chi connectivity index (χ0n) is 19.2. The lowest BCUT2D eigenvalue weighted by molar-refractivity contribution is -0.632. The van der Waals surface area contributed by atoms with Crippen LogP contribution in [0.15, 0.2) is 66.7 Å². The maximum atomic E-state index is 2.59. The molecule has 154 valence electrons. The zero-order valence-corrected chi connectivity index (χ0v) is 19.2. The topological polar surface area (TPSA) is 8.29 Å². The average molecular weight is 406 g/mol. The average Bonchev–Trinajstić information content (AvgIpc) is 3.07. The normalized spacial score (nSPS) is 16.6. The van der Waals surface area contributed by atoms with Gasteiger partial charge in [0.25, 0.3) is 5.65 Å². The second-order valence-electron chi connectivity index (χ2n) is 10.2. The first-order chi connectivity index (χ1) is 14.8. The molecule has 0 amide bonds. The number of aryl methyl sites for hydroxylation is 2. The molecule has 1 aliphatic heterocycles. The van der Waals surface area contributed by atoms with Crippen molar-refractivity contribution >= 4 is 27.3 Å². The summed E-state index contributed by atoms with van der Waals surface area (Å²) in [6, 6.07) is 24.5. The van der Waals surface area contributed by atoms with Crippen LogP contribution in [0, 0.1) is 6.92 Å². The van der Waals surface area contributed by atoms with Crippen LogP contribution in [0.25, 0.3) is 38.6 Å². The molecule has 5 aromatic rings. The minimum Gasteiger partial charge on any atom is -0.225 e. The van der Waals surface area contributed by atoms with Gasteiger partial charge in [0.2, 0.25) is 0 Å². The number of hydrogen-bond donors (Lipinski definition) is 0. The fourth-order valence-corrected chi connectivity index (χ4v) is 5.95. The van der Waals surface area contributed by atoms with E-state index >= 15 is 0 Å². The first-order valence-corrected chi connectivity index (χ1v) is 11.2. The molecule has 0 fully saturated rings. The first kappa shape index (κ1) is 18.6. The first-order valence-electron chi connectivity index (χ1n) is 11.2. The van der Waals surface area contributed by atoms with Crippen LogP contribution in [0.1, 0.15) is 44.5 Å². The van der Waals surface area contributed by atoms with Gasteiger partial charge in [0.1, 0.15) is 5.52 Å². The Morgan fingerprint density at radius 3 is 2.16 bits per heavy atom. The summed E-state index contributed by atoms with van der Waals surface area (Å²) in [7, 11) is 2.25. The molecule has 0 radical (unpaired) electrons. The van der Waals surface area contributed by atoms with E-state index < -0.39 is 0 Å². The number of benzene rings is 3. The number of para-hydroxylation sites is 1. The van der Waals surface area contributed by atoms with Crippen LogP contribution < -0.4 is 4.57 Å². The van der Waals surface area contributed by atoms with Crippen LogP contribution in [0.4, 0.5) is 0 Å². The van der Waals surface area contributed by atoms with E-state index in [1.807, 2.05) is 0 Å². The van der Waals surface area contributed by atoms with Gasteiger partial charge in [0.15, 0.2) is 11.4 Å². The smallest absolute Gasteiger partial charge is 0.225 e. The minimum absolute atomic E-state index is 0.0121. The number of hydrogen-bond acceptors (Lipinski definition) is 0. The van der Waals surface area contributed by atoms with E-state index in [0.717, 1.165) is 0 Å². The second-order valence-corrected chi connectivity index (χ2v) is 10.2. The third kappa shape index (κ3) is 2.06. The van der Waals surface area contributed by atoms with Gasteiger partial charge in [0.05, 0.1) is 12.4 Å². The summed E-state index contributed by atoms with van der Waals surface area (Å²) in [5, 5.41) is 4.05. The highest BCUT2D eigenvalue weighted by Gasteiger charge is 2.52. The molecule has 3 aromatic carbocycles. The minimum atomic E-state index is -0.0556. The van der Waals surface area contributed by atoms with Crippen LogP contribution in [0.2, 0.25) is 0 Å². The van der Waals surface area contributed by atoms with Crippen molar-refractivity contribution < 1.29 is 4.57 Å². The van der Waals surface area contributed by atoms with Crippen LogP contribution >= 0.6 is 0 Å². The Kier molecular flexibility index (Phi) is 3.46. The Hall–Kier alpha value is -3.13. The lowest BCUT2D eigenvalue weighted by Crippen LogP contribution is -2.44. The van der Waals surface area contributed by atoms with E-state index in [1.165, 1.54) is 55.4 Å². The molecule has 0 aliphatic carbocycles. The second kappa shape index (κ2) is 5.76. The highest BCUT2D eigenvalue weighted by molar-refractivity contribution is 6.13. The lowest BCUT2D eigenvalue weighted by atomic mass is 9.60. The van der Waals surface area contributed by atoms with Crippen molar-refractivity contribution in [1.29, 1.82) is 0 Å². The van der Waals surface area contributed by atoms with Crippen molar-refractivity contribution in [3.8, 4) is 11.3 Å². The van der Waals surface area contributed by atoms with Crippen LogP contribution in [0.3, 0.4) is 0 Å². The standard InChI is InChI=1S/C29H29N2/c1-18-12-10-15-20-21-16-11-17-22-25(21)31-26(29(4,5)28(22,2)3)24(19-13-8-7-9-14-19)30(6)27(31)23(18)20/h7-17H,1-6H3/q+1. The summed E-state index contributed by atoms with van der Waals surface area (Å²) in [4.78, 5) is 0. The summed E-state index contributed by atoms with van der Waals surface area (Å²) < 4.78 is 5.03. The molecule has 0 N–H and O–H groups in total. The molecule has 0 unspecified atom stereocenters. The van der Waals surface area contributed by atoms with E-state index in [1.54, 1.807) is 0 Å². The predicted octanol–water partition coefficient (Wildman–Crippen LogP) is 6.61. The number of rotatable bonds is 1. The Labute approximate surface area is 183 Å². The summed E-state index contributed by atoms with van der Waals surface area (Å²) in [6.07, 6.45) is 0. The predicted molar refractivity (Wildman–Crippen MR) is 130 cm³/mol. The van der Waals surface area contributed by atoms with Crippen molar-refractivity contribution in [2.45, 2.75) is 45.4 Å². The van der Waals surface area contributed by atoms with Crippen molar-refractivity contribution in [1.82, 2.24) is 4.40 Å². The van der Waals surface area contributed by atoms with Crippen molar-refractivity contribution in [3.63, 3.8) is 0 Å². The number of nitrogens with zero attached hydrogens (tertiary/aromatic N) is 2. The molecule has 0 bridgehead atoms. The number of pyridine rings is 1. The number of fused-ring (bicyclic) bond motifs is 3. The van der Waals surface area contributed by atoms with Crippen molar-refractivity contribution in [2.75, 3.05) is 0 Å². The third-order valence-corrected chi connectivity index (χ3v) is 8.23. The summed E-state index contributed by atoms with van der Waals surface area (Å²) in [5.41, 5.74) is 9.38. The summed E-state index contributed by atoms with van der Waals surface area (Å²) in [6.45, 7) is 11.9. The quantitative estimate of drug-likeness (QED) is 0.219. The molecule has 0 atom stereocenters. The molecule has 6 rings (SSSR count). The van der Waals surface area contributed by atoms with E-state index in [9.17, 15) is 0 Å². The van der Waals surface area contributed by atoms with Crippen molar-refractivity contribution in [2.24, 2.45) is 7.05 Å². The zero-order chi connectivity index (χ0) is 21.7.